The van der Waals surface area contributed by atoms with Crippen LogP contribution >= 0.6 is 0 Å². The number of benzene rings is 1. The lowest BCUT2D eigenvalue weighted by atomic mass is 10.1. The van der Waals surface area contributed by atoms with Crippen LogP contribution in [-0.2, 0) is 7.05 Å². The van der Waals surface area contributed by atoms with Crippen LogP contribution in [0.3, 0.4) is 0 Å². The van der Waals surface area contributed by atoms with Gasteiger partial charge in [-0.2, -0.15) is 0 Å². The van der Waals surface area contributed by atoms with E-state index in [2.05, 4.69) is 29.0 Å². The van der Waals surface area contributed by atoms with Gasteiger partial charge in [0, 0.05) is 7.05 Å². The Balaban J connectivity index is 0.000000211. The van der Waals surface area contributed by atoms with Crippen LogP contribution in [0.1, 0.15) is 36.2 Å². The third-order valence-electron chi connectivity index (χ3n) is 4.30. The molecule has 1 aromatic carbocycles. The molecule has 2 heterocycles. The maximum Gasteiger partial charge on any atom is 0.339 e. The van der Waals surface area contributed by atoms with E-state index in [9.17, 15) is 4.79 Å². The molecule has 1 unspecified atom stereocenters. The van der Waals surface area contributed by atoms with Gasteiger partial charge in [-0.15, -0.1) is 10.2 Å². The predicted molar refractivity (Wildman–Crippen MR) is 112 cm³/mol. The van der Waals surface area contributed by atoms with Gasteiger partial charge in [0.2, 0.25) is 0 Å². The molecule has 8 heteroatoms. The first-order chi connectivity index (χ1) is 13.8. The molecule has 0 saturated heterocycles. The summed E-state index contributed by atoms with van der Waals surface area (Å²) in [6, 6.07) is 10.6. The Labute approximate surface area is 170 Å². The molecule has 0 bridgehead atoms. The van der Waals surface area contributed by atoms with Crippen LogP contribution < -0.4 is 10.5 Å². The second kappa shape index (κ2) is 10.2. The van der Waals surface area contributed by atoms with Crippen molar-refractivity contribution in [3.05, 3.63) is 53.9 Å². The molecule has 0 saturated carbocycles. The first kappa shape index (κ1) is 21.9. The van der Waals surface area contributed by atoms with Crippen molar-refractivity contribution >= 4 is 11.8 Å². The number of ether oxygens (including phenoxy) is 1. The monoisotopic (exact) mass is 397 g/mol. The highest BCUT2D eigenvalue weighted by Crippen LogP contribution is 2.21. The minimum atomic E-state index is -0.942. The number of rotatable bonds is 6. The fourth-order valence-corrected chi connectivity index (χ4v) is 2.38. The summed E-state index contributed by atoms with van der Waals surface area (Å²) in [5.41, 5.74) is 7.45. The lowest BCUT2D eigenvalue weighted by molar-refractivity contribution is 0.0691. The highest BCUT2D eigenvalue weighted by Gasteiger charge is 2.12. The zero-order valence-corrected chi connectivity index (χ0v) is 17.2. The van der Waals surface area contributed by atoms with Crippen LogP contribution in [0.25, 0.3) is 11.5 Å². The molecule has 0 fully saturated rings. The van der Waals surface area contributed by atoms with Crippen molar-refractivity contribution in [3.63, 3.8) is 0 Å². The third kappa shape index (κ3) is 6.31. The number of nitrogens with two attached hydrogens (primary N) is 1. The third-order valence-corrected chi connectivity index (χ3v) is 4.30. The molecule has 154 valence electrons. The summed E-state index contributed by atoms with van der Waals surface area (Å²) >= 11 is 0. The predicted octanol–water partition coefficient (Wildman–Crippen LogP) is 3.58. The summed E-state index contributed by atoms with van der Waals surface area (Å²) in [4.78, 5) is 15.1. The number of aromatic carboxylic acids is 1. The van der Waals surface area contributed by atoms with Crippen molar-refractivity contribution < 1.29 is 14.6 Å². The van der Waals surface area contributed by atoms with Crippen molar-refractivity contribution in [2.45, 2.75) is 27.2 Å². The van der Waals surface area contributed by atoms with Crippen LogP contribution in [0.15, 0.2) is 42.7 Å². The van der Waals surface area contributed by atoms with E-state index in [1.807, 2.05) is 32.2 Å². The van der Waals surface area contributed by atoms with E-state index in [4.69, 9.17) is 15.6 Å². The number of pyridine rings is 1. The van der Waals surface area contributed by atoms with E-state index in [1.54, 1.807) is 29.1 Å². The smallest absolute Gasteiger partial charge is 0.339 e. The van der Waals surface area contributed by atoms with Crippen molar-refractivity contribution in [2.24, 2.45) is 13.0 Å². The van der Waals surface area contributed by atoms with E-state index in [1.165, 1.54) is 0 Å². The first-order valence-corrected chi connectivity index (χ1v) is 9.35. The van der Waals surface area contributed by atoms with Gasteiger partial charge in [0.1, 0.15) is 29.2 Å². The molecule has 3 rings (SSSR count). The van der Waals surface area contributed by atoms with Gasteiger partial charge in [0.15, 0.2) is 5.82 Å². The molecule has 0 aliphatic carbocycles. The number of nitrogen functional groups attached to an aromatic ring is 1. The van der Waals surface area contributed by atoms with Gasteiger partial charge in [0.05, 0.1) is 6.61 Å². The SMILES string of the molecule is CCC(C)COc1ccc(C)cc1C(=O)O.Cn1cnnc1-c1cccc(N)n1. The first-order valence-electron chi connectivity index (χ1n) is 9.35. The molecule has 2 aromatic heterocycles. The van der Waals surface area contributed by atoms with Gasteiger partial charge in [0.25, 0.3) is 0 Å². The fraction of sp³-hybridized carbons (Fsp3) is 0.333. The van der Waals surface area contributed by atoms with Crippen LogP contribution in [0.2, 0.25) is 0 Å². The number of hydrogen-bond acceptors (Lipinski definition) is 6. The Morgan fingerprint density at radius 2 is 2.07 bits per heavy atom. The molecule has 0 spiro atoms. The number of carboxylic acid groups (broad SMARTS) is 1. The van der Waals surface area contributed by atoms with Crippen molar-refractivity contribution in [1.29, 1.82) is 0 Å². The summed E-state index contributed by atoms with van der Waals surface area (Å²) < 4.78 is 7.32. The van der Waals surface area contributed by atoms with E-state index in [-0.39, 0.29) is 5.56 Å². The maximum absolute atomic E-state index is 11.0. The molecule has 0 aliphatic heterocycles. The van der Waals surface area contributed by atoms with Gasteiger partial charge in [-0.3, -0.25) is 0 Å². The second-order valence-corrected chi connectivity index (χ2v) is 6.84. The summed E-state index contributed by atoms with van der Waals surface area (Å²) in [5, 5.41) is 16.7. The molecule has 1 atom stereocenters. The highest BCUT2D eigenvalue weighted by molar-refractivity contribution is 5.91. The Hall–Kier alpha value is -3.42. The molecule has 0 radical (unpaired) electrons. The number of hydrogen-bond donors (Lipinski definition) is 2. The number of aryl methyl sites for hydroxylation is 2. The molecule has 3 N–H and O–H groups in total. The van der Waals surface area contributed by atoms with Gasteiger partial charge in [-0.25, -0.2) is 9.78 Å². The van der Waals surface area contributed by atoms with E-state index in [0.717, 1.165) is 17.7 Å². The number of carbonyl (C=O) groups is 1. The largest absolute Gasteiger partial charge is 0.492 e. The normalized spacial score (nSPS) is 11.3. The van der Waals surface area contributed by atoms with Gasteiger partial charge in [-0.05, 0) is 37.1 Å². The van der Waals surface area contributed by atoms with Crippen LogP contribution in [0.5, 0.6) is 5.75 Å². The highest BCUT2D eigenvalue weighted by atomic mass is 16.5. The van der Waals surface area contributed by atoms with Crippen molar-refractivity contribution in [1.82, 2.24) is 19.7 Å². The van der Waals surface area contributed by atoms with E-state index in [0.29, 0.717) is 29.9 Å². The maximum atomic E-state index is 11.0. The number of aromatic nitrogens is 4. The van der Waals surface area contributed by atoms with E-state index < -0.39 is 5.97 Å². The number of carboxylic acids is 1. The fourth-order valence-electron chi connectivity index (χ4n) is 2.38. The van der Waals surface area contributed by atoms with Gasteiger partial charge >= 0.3 is 5.97 Å². The average Bonchev–Trinajstić information content (AvgIpc) is 3.13. The Bertz CT molecular complexity index is 955. The summed E-state index contributed by atoms with van der Waals surface area (Å²) in [6.07, 6.45) is 2.65. The quantitative estimate of drug-likeness (QED) is 0.653. The van der Waals surface area contributed by atoms with Crippen LogP contribution in [-0.4, -0.2) is 37.4 Å². The minimum absolute atomic E-state index is 0.239. The Kier molecular flexibility index (Phi) is 7.70. The van der Waals surface area contributed by atoms with Crippen LogP contribution in [0, 0.1) is 12.8 Å². The topological polar surface area (TPSA) is 116 Å². The Morgan fingerprint density at radius 3 is 2.66 bits per heavy atom. The zero-order chi connectivity index (χ0) is 21.4. The second-order valence-electron chi connectivity index (χ2n) is 6.84. The molecule has 8 nitrogen and oxygen atoms in total. The lowest BCUT2D eigenvalue weighted by Crippen LogP contribution is -2.10. The van der Waals surface area contributed by atoms with Gasteiger partial charge < -0.3 is 20.1 Å². The number of nitrogens with zero attached hydrogens (tertiary/aromatic N) is 4. The molecule has 0 amide bonds. The molecule has 3 aromatic rings. The number of anilines is 1. The van der Waals surface area contributed by atoms with E-state index >= 15 is 0 Å². The summed E-state index contributed by atoms with van der Waals surface area (Å²) in [5.74, 6) is 1.15. The minimum Gasteiger partial charge on any atom is -0.492 e. The summed E-state index contributed by atoms with van der Waals surface area (Å²) in [7, 11) is 1.86. The van der Waals surface area contributed by atoms with Gasteiger partial charge in [-0.1, -0.05) is 38.0 Å². The Morgan fingerprint density at radius 1 is 1.31 bits per heavy atom. The summed E-state index contributed by atoms with van der Waals surface area (Å²) in [6.45, 7) is 6.58. The average molecular weight is 397 g/mol. The molecule has 29 heavy (non-hydrogen) atoms. The van der Waals surface area contributed by atoms with Crippen molar-refractivity contribution in [2.75, 3.05) is 12.3 Å². The lowest BCUT2D eigenvalue weighted by Gasteiger charge is -2.13. The zero-order valence-electron chi connectivity index (χ0n) is 17.2. The van der Waals surface area contributed by atoms with Crippen molar-refractivity contribution in [3.8, 4) is 17.3 Å². The standard InChI is InChI=1S/C13H18O3.C8H9N5/c1-4-9(2)8-16-12-6-5-10(3)7-11(12)13(14)15;1-13-5-10-12-8(13)6-3-2-4-7(9)11-6/h5-7,9H,4,8H2,1-3H3,(H,14,15);2-5H,1H3,(H2,9,11). The molecule has 0 aliphatic rings. The molecular weight excluding hydrogens is 370 g/mol. The van der Waals surface area contributed by atoms with Crippen LogP contribution in [0.4, 0.5) is 5.82 Å². The molecular formula is C21H27N5O3.